The standard InChI is InChI=1S/C8H8ClF3N2O2/c9-2-1-3-14-4-5(8(10,11)12)6(15)13-7(14)16/h4H,1-3H2,(H,13,15,16). The van der Waals surface area contributed by atoms with Crippen molar-refractivity contribution >= 4 is 11.6 Å². The Morgan fingerprint density at radius 2 is 2.00 bits per heavy atom. The van der Waals surface area contributed by atoms with Gasteiger partial charge in [-0.1, -0.05) is 0 Å². The molecular formula is C8H8ClF3N2O2. The third-order valence-electron chi connectivity index (χ3n) is 1.85. The van der Waals surface area contributed by atoms with Crippen LogP contribution in [0.2, 0.25) is 0 Å². The Bertz CT molecular complexity index is 477. The fraction of sp³-hybridized carbons (Fsp3) is 0.500. The molecule has 0 fully saturated rings. The molecule has 0 aromatic carbocycles. The highest BCUT2D eigenvalue weighted by Crippen LogP contribution is 2.25. The van der Waals surface area contributed by atoms with Crippen molar-refractivity contribution in [1.82, 2.24) is 9.55 Å². The van der Waals surface area contributed by atoms with Gasteiger partial charge in [-0.15, -0.1) is 11.6 Å². The molecule has 0 saturated carbocycles. The van der Waals surface area contributed by atoms with Gasteiger partial charge < -0.3 is 0 Å². The summed E-state index contributed by atoms with van der Waals surface area (Å²) in [6, 6.07) is 0. The number of H-pyrrole nitrogens is 1. The highest BCUT2D eigenvalue weighted by atomic mass is 35.5. The normalized spacial score (nSPS) is 11.8. The van der Waals surface area contributed by atoms with E-state index in [0.29, 0.717) is 12.6 Å². The maximum atomic E-state index is 12.3. The second-order valence-corrected chi connectivity index (χ2v) is 3.41. The molecule has 0 aliphatic carbocycles. The van der Waals surface area contributed by atoms with Gasteiger partial charge in [-0.25, -0.2) is 4.79 Å². The zero-order valence-corrected chi connectivity index (χ0v) is 8.73. The highest BCUT2D eigenvalue weighted by Gasteiger charge is 2.34. The number of halogens is 4. The van der Waals surface area contributed by atoms with Crippen LogP contribution in [0.1, 0.15) is 12.0 Å². The highest BCUT2D eigenvalue weighted by molar-refractivity contribution is 6.17. The first-order valence-electron chi connectivity index (χ1n) is 4.33. The molecule has 0 aliphatic rings. The lowest BCUT2D eigenvalue weighted by atomic mass is 10.3. The Morgan fingerprint density at radius 3 is 2.50 bits per heavy atom. The van der Waals surface area contributed by atoms with Crippen LogP contribution in [0, 0.1) is 0 Å². The predicted octanol–water partition coefficient (Wildman–Crippen LogP) is 1.18. The number of hydrogen-bond donors (Lipinski definition) is 1. The van der Waals surface area contributed by atoms with E-state index in [4.69, 9.17) is 11.6 Å². The molecule has 1 aromatic heterocycles. The van der Waals surface area contributed by atoms with Crippen LogP contribution < -0.4 is 11.2 Å². The molecule has 90 valence electrons. The number of aryl methyl sites for hydroxylation is 1. The van der Waals surface area contributed by atoms with E-state index >= 15 is 0 Å². The zero-order valence-electron chi connectivity index (χ0n) is 7.97. The lowest BCUT2D eigenvalue weighted by Gasteiger charge is -2.08. The van der Waals surface area contributed by atoms with E-state index in [0.717, 1.165) is 4.57 Å². The Labute approximate surface area is 92.7 Å². The van der Waals surface area contributed by atoms with Gasteiger partial charge in [0.2, 0.25) is 0 Å². The summed E-state index contributed by atoms with van der Waals surface area (Å²) in [6.07, 6.45) is -3.93. The van der Waals surface area contributed by atoms with Gasteiger partial charge in [0.25, 0.3) is 5.56 Å². The van der Waals surface area contributed by atoms with Gasteiger partial charge in [-0.2, -0.15) is 13.2 Å². The number of nitrogens with one attached hydrogen (secondary N) is 1. The summed E-state index contributed by atoms with van der Waals surface area (Å²) in [5.41, 5.74) is -3.69. The number of alkyl halides is 4. The van der Waals surface area contributed by atoms with Crippen molar-refractivity contribution in [3.8, 4) is 0 Å². The number of aromatic amines is 1. The van der Waals surface area contributed by atoms with Crippen molar-refractivity contribution in [2.45, 2.75) is 19.1 Å². The Balaban J connectivity index is 3.23. The molecule has 8 heteroatoms. The summed E-state index contributed by atoms with van der Waals surface area (Å²) in [5, 5.41) is 0. The van der Waals surface area contributed by atoms with Crippen LogP contribution >= 0.6 is 11.6 Å². The molecule has 16 heavy (non-hydrogen) atoms. The van der Waals surface area contributed by atoms with Crippen LogP contribution in [0.4, 0.5) is 13.2 Å². The summed E-state index contributed by atoms with van der Waals surface area (Å²) in [7, 11) is 0. The minimum absolute atomic E-state index is 0.0300. The summed E-state index contributed by atoms with van der Waals surface area (Å²) in [6.45, 7) is 0.0300. The average Bonchev–Trinajstić information content (AvgIpc) is 2.14. The number of rotatable bonds is 3. The molecule has 1 heterocycles. The van der Waals surface area contributed by atoms with Gasteiger partial charge >= 0.3 is 11.9 Å². The van der Waals surface area contributed by atoms with Crippen LogP contribution in [0.15, 0.2) is 15.8 Å². The SMILES string of the molecule is O=c1[nH]c(=O)n(CCCCl)cc1C(F)(F)F. The Hall–Kier alpha value is -1.24. The van der Waals surface area contributed by atoms with Crippen LogP contribution in [0.3, 0.4) is 0 Å². The monoisotopic (exact) mass is 256 g/mol. The number of nitrogens with zero attached hydrogens (tertiary/aromatic N) is 1. The third kappa shape index (κ3) is 2.88. The zero-order chi connectivity index (χ0) is 12.3. The van der Waals surface area contributed by atoms with Gasteiger partial charge in [-0.05, 0) is 6.42 Å². The second kappa shape index (κ2) is 4.73. The Morgan fingerprint density at radius 1 is 1.38 bits per heavy atom. The molecule has 0 spiro atoms. The van der Waals surface area contributed by atoms with Gasteiger partial charge in [-0.3, -0.25) is 14.3 Å². The maximum absolute atomic E-state index is 12.3. The maximum Gasteiger partial charge on any atom is 0.423 e. The van der Waals surface area contributed by atoms with Crippen molar-refractivity contribution in [2.24, 2.45) is 0 Å². The summed E-state index contributed by atoms with van der Waals surface area (Å²) in [4.78, 5) is 23.6. The molecule has 0 saturated heterocycles. The van der Waals surface area contributed by atoms with E-state index in [2.05, 4.69) is 0 Å². The van der Waals surface area contributed by atoms with Crippen LogP contribution in [0.25, 0.3) is 0 Å². The third-order valence-corrected chi connectivity index (χ3v) is 2.12. The predicted molar refractivity (Wildman–Crippen MR) is 51.7 cm³/mol. The Kier molecular flexibility index (Phi) is 3.79. The molecule has 0 amide bonds. The van der Waals surface area contributed by atoms with Gasteiger partial charge in [0.1, 0.15) is 5.56 Å². The fourth-order valence-corrected chi connectivity index (χ4v) is 1.23. The quantitative estimate of drug-likeness (QED) is 0.826. The van der Waals surface area contributed by atoms with Crippen molar-refractivity contribution < 1.29 is 13.2 Å². The van der Waals surface area contributed by atoms with Crippen LogP contribution in [-0.4, -0.2) is 15.4 Å². The van der Waals surface area contributed by atoms with E-state index < -0.39 is 23.0 Å². The van der Waals surface area contributed by atoms with E-state index in [1.54, 1.807) is 4.98 Å². The first-order valence-corrected chi connectivity index (χ1v) is 4.86. The first-order chi connectivity index (χ1) is 7.36. The van der Waals surface area contributed by atoms with Gasteiger partial charge in [0.15, 0.2) is 0 Å². The van der Waals surface area contributed by atoms with E-state index in [9.17, 15) is 22.8 Å². The summed E-state index contributed by atoms with van der Waals surface area (Å²) >= 11 is 5.36. The molecule has 0 aliphatic heterocycles. The van der Waals surface area contributed by atoms with E-state index in [1.807, 2.05) is 0 Å². The molecule has 4 nitrogen and oxygen atoms in total. The smallest absolute Gasteiger partial charge is 0.300 e. The minimum Gasteiger partial charge on any atom is -0.300 e. The summed E-state index contributed by atoms with van der Waals surface area (Å²) in [5.74, 6) is 0.215. The molecular weight excluding hydrogens is 249 g/mol. The molecule has 0 radical (unpaired) electrons. The molecule has 0 bridgehead atoms. The first kappa shape index (κ1) is 12.8. The molecule has 1 N–H and O–H groups in total. The van der Waals surface area contributed by atoms with Gasteiger partial charge in [0, 0.05) is 18.6 Å². The average molecular weight is 257 g/mol. The molecule has 0 unspecified atom stereocenters. The lowest BCUT2D eigenvalue weighted by Crippen LogP contribution is -2.34. The molecule has 0 atom stereocenters. The second-order valence-electron chi connectivity index (χ2n) is 3.04. The van der Waals surface area contributed by atoms with Crippen LogP contribution in [-0.2, 0) is 12.7 Å². The minimum atomic E-state index is -4.77. The van der Waals surface area contributed by atoms with Crippen LogP contribution in [0.5, 0.6) is 0 Å². The molecule has 1 aromatic rings. The van der Waals surface area contributed by atoms with Gasteiger partial charge in [0.05, 0.1) is 0 Å². The van der Waals surface area contributed by atoms with Crippen molar-refractivity contribution in [2.75, 3.05) is 5.88 Å². The largest absolute Gasteiger partial charge is 0.423 e. The fourth-order valence-electron chi connectivity index (χ4n) is 1.11. The molecule has 1 rings (SSSR count). The van der Waals surface area contributed by atoms with E-state index in [1.165, 1.54) is 0 Å². The lowest BCUT2D eigenvalue weighted by molar-refractivity contribution is -0.139. The number of hydrogen-bond acceptors (Lipinski definition) is 2. The number of aromatic nitrogens is 2. The topological polar surface area (TPSA) is 54.9 Å². The van der Waals surface area contributed by atoms with Crippen molar-refractivity contribution in [3.63, 3.8) is 0 Å². The van der Waals surface area contributed by atoms with Crippen molar-refractivity contribution in [3.05, 3.63) is 32.6 Å². The van der Waals surface area contributed by atoms with E-state index in [-0.39, 0.29) is 12.4 Å². The summed E-state index contributed by atoms with van der Waals surface area (Å²) < 4.78 is 37.7. The van der Waals surface area contributed by atoms with Crippen molar-refractivity contribution in [1.29, 1.82) is 0 Å².